The molecule has 0 saturated heterocycles. The van der Waals surface area contributed by atoms with Crippen LogP contribution >= 0.6 is 0 Å². The monoisotopic (exact) mass is 180 g/mol. The lowest BCUT2D eigenvalue weighted by molar-refractivity contribution is -0.370. The Labute approximate surface area is 79.7 Å². The van der Waals surface area contributed by atoms with E-state index < -0.39 is 0 Å². The molecule has 13 heavy (non-hydrogen) atoms. The number of hydrogen-bond donors (Lipinski definition) is 1. The Balaban J connectivity index is 2.59. The molecule has 0 unspecified atom stereocenters. The molecule has 72 valence electrons. The lowest BCUT2D eigenvalue weighted by Gasteiger charge is -2.07. The molecule has 0 fully saturated rings. The molecule has 2 nitrogen and oxygen atoms in total. The average Bonchev–Trinajstić information content (AvgIpc) is 2.15. The third kappa shape index (κ3) is 3.07. The van der Waals surface area contributed by atoms with E-state index in [2.05, 4.69) is 31.7 Å². The van der Waals surface area contributed by atoms with Crippen LogP contribution in [0.5, 0.6) is 5.75 Å². The number of ether oxygens (including phenoxy) is 1. The van der Waals surface area contributed by atoms with Crippen molar-refractivity contribution in [3.8, 4) is 5.75 Å². The van der Waals surface area contributed by atoms with Crippen molar-refractivity contribution in [1.29, 1.82) is 0 Å². The summed E-state index contributed by atoms with van der Waals surface area (Å²) >= 11 is 0. The van der Waals surface area contributed by atoms with Gasteiger partial charge in [0, 0.05) is 0 Å². The van der Waals surface area contributed by atoms with Crippen molar-refractivity contribution in [3.63, 3.8) is 0 Å². The Kier molecular flexibility index (Phi) is 3.77. The van der Waals surface area contributed by atoms with Crippen molar-refractivity contribution < 1.29 is 10.5 Å². The van der Waals surface area contributed by atoms with Crippen LogP contribution < -0.4 is 10.5 Å². The molecule has 0 aliphatic rings. The molecule has 0 aliphatic carbocycles. The summed E-state index contributed by atoms with van der Waals surface area (Å²) in [6.07, 6.45) is 0. The van der Waals surface area contributed by atoms with E-state index in [4.69, 9.17) is 4.74 Å². The number of hydrogen-bond acceptors (Lipinski definition) is 1. The Morgan fingerprint density at radius 1 is 1.23 bits per heavy atom. The Morgan fingerprint density at radius 3 is 2.31 bits per heavy atom. The molecule has 0 spiro atoms. The highest BCUT2D eigenvalue weighted by Gasteiger charge is 1.98. The largest absolute Gasteiger partial charge is 0.488 e. The van der Waals surface area contributed by atoms with Gasteiger partial charge in [-0.05, 0) is 23.6 Å². The minimum atomic E-state index is 0.585. The maximum absolute atomic E-state index is 5.43. The lowest BCUT2D eigenvalue weighted by atomic mass is 10.0. The summed E-state index contributed by atoms with van der Waals surface area (Å²) in [5.41, 5.74) is 5.07. The molecule has 2 heteroatoms. The summed E-state index contributed by atoms with van der Waals surface area (Å²) in [7, 11) is 0. The molecule has 0 aliphatic heterocycles. The summed E-state index contributed by atoms with van der Waals surface area (Å²) in [5.74, 6) is 1.52. The predicted octanol–water partition coefficient (Wildman–Crippen LogP) is 1.43. The fourth-order valence-electron chi connectivity index (χ4n) is 1.14. The van der Waals surface area contributed by atoms with Crippen LogP contribution in [-0.4, -0.2) is 13.2 Å². The fourth-order valence-corrected chi connectivity index (χ4v) is 1.14. The van der Waals surface area contributed by atoms with Gasteiger partial charge in [-0.3, -0.25) is 0 Å². The highest BCUT2D eigenvalue weighted by molar-refractivity contribution is 5.28. The SMILES string of the molecule is CC(C)c1ccc(OCC[NH3+])cc1. The summed E-state index contributed by atoms with van der Waals surface area (Å²) in [4.78, 5) is 0. The van der Waals surface area contributed by atoms with Crippen molar-refractivity contribution in [1.82, 2.24) is 0 Å². The second kappa shape index (κ2) is 4.87. The van der Waals surface area contributed by atoms with Crippen molar-refractivity contribution in [3.05, 3.63) is 29.8 Å². The molecule has 0 radical (unpaired) electrons. The average molecular weight is 180 g/mol. The van der Waals surface area contributed by atoms with Gasteiger partial charge in [-0.2, -0.15) is 0 Å². The first-order chi connectivity index (χ1) is 6.24. The van der Waals surface area contributed by atoms with Crippen LogP contribution in [0.15, 0.2) is 24.3 Å². The van der Waals surface area contributed by atoms with Crippen molar-refractivity contribution in [2.45, 2.75) is 19.8 Å². The van der Waals surface area contributed by atoms with Crippen LogP contribution in [-0.2, 0) is 0 Å². The lowest BCUT2D eigenvalue weighted by Crippen LogP contribution is -2.52. The molecule has 1 aromatic carbocycles. The van der Waals surface area contributed by atoms with Gasteiger partial charge in [0.15, 0.2) is 0 Å². The molecule has 0 heterocycles. The van der Waals surface area contributed by atoms with E-state index in [0.29, 0.717) is 12.5 Å². The quantitative estimate of drug-likeness (QED) is 0.747. The second-order valence-electron chi connectivity index (χ2n) is 3.43. The van der Waals surface area contributed by atoms with Crippen LogP contribution in [0.1, 0.15) is 25.3 Å². The first-order valence-electron chi connectivity index (χ1n) is 4.76. The highest BCUT2D eigenvalue weighted by Crippen LogP contribution is 2.18. The summed E-state index contributed by atoms with van der Waals surface area (Å²) in [6.45, 7) is 5.88. The molecule has 1 aromatic rings. The first-order valence-corrected chi connectivity index (χ1v) is 4.76. The summed E-state index contributed by atoms with van der Waals surface area (Å²) < 4.78 is 5.43. The van der Waals surface area contributed by atoms with Crippen LogP contribution in [0.3, 0.4) is 0 Å². The Bertz CT molecular complexity index is 241. The summed E-state index contributed by atoms with van der Waals surface area (Å²) in [6, 6.07) is 8.27. The van der Waals surface area contributed by atoms with Crippen molar-refractivity contribution in [2.75, 3.05) is 13.2 Å². The van der Waals surface area contributed by atoms with E-state index in [9.17, 15) is 0 Å². The Morgan fingerprint density at radius 2 is 1.85 bits per heavy atom. The minimum Gasteiger partial charge on any atom is -0.488 e. The van der Waals surface area contributed by atoms with Crippen molar-refractivity contribution >= 4 is 0 Å². The number of quaternary nitrogens is 1. The normalized spacial score (nSPS) is 10.5. The smallest absolute Gasteiger partial charge is 0.137 e. The van der Waals surface area contributed by atoms with Gasteiger partial charge in [-0.1, -0.05) is 26.0 Å². The third-order valence-corrected chi connectivity index (χ3v) is 1.96. The van der Waals surface area contributed by atoms with Crippen molar-refractivity contribution in [2.24, 2.45) is 0 Å². The zero-order valence-electron chi connectivity index (χ0n) is 8.42. The molecule has 3 N–H and O–H groups in total. The maximum Gasteiger partial charge on any atom is 0.137 e. The van der Waals surface area contributed by atoms with Crippen LogP contribution in [0, 0.1) is 0 Å². The van der Waals surface area contributed by atoms with Gasteiger partial charge in [-0.15, -0.1) is 0 Å². The van der Waals surface area contributed by atoms with Gasteiger partial charge in [0.05, 0.1) is 0 Å². The molecule has 0 atom stereocenters. The third-order valence-electron chi connectivity index (χ3n) is 1.96. The van der Waals surface area contributed by atoms with E-state index in [1.54, 1.807) is 0 Å². The molecule has 0 saturated carbocycles. The predicted molar refractivity (Wildman–Crippen MR) is 53.8 cm³/mol. The molecule has 0 amide bonds. The molecular formula is C11H18NO+. The zero-order chi connectivity index (χ0) is 9.68. The first kappa shape index (κ1) is 10.1. The van der Waals surface area contributed by atoms with E-state index in [0.717, 1.165) is 12.3 Å². The fraction of sp³-hybridized carbons (Fsp3) is 0.455. The molecule has 1 rings (SSSR count). The van der Waals surface area contributed by atoms with Gasteiger partial charge in [0.1, 0.15) is 18.9 Å². The van der Waals surface area contributed by atoms with E-state index in [-0.39, 0.29) is 0 Å². The van der Waals surface area contributed by atoms with Gasteiger partial charge in [-0.25, -0.2) is 0 Å². The van der Waals surface area contributed by atoms with Gasteiger partial charge in [0.2, 0.25) is 0 Å². The molecular weight excluding hydrogens is 162 g/mol. The van der Waals surface area contributed by atoms with Crippen LogP contribution in [0.2, 0.25) is 0 Å². The van der Waals surface area contributed by atoms with E-state index >= 15 is 0 Å². The maximum atomic E-state index is 5.43. The topological polar surface area (TPSA) is 36.9 Å². The summed E-state index contributed by atoms with van der Waals surface area (Å²) in [5, 5.41) is 0. The number of benzene rings is 1. The Hall–Kier alpha value is -1.02. The zero-order valence-corrected chi connectivity index (χ0v) is 8.42. The van der Waals surface area contributed by atoms with Crippen LogP contribution in [0.4, 0.5) is 0 Å². The van der Waals surface area contributed by atoms with Gasteiger partial charge >= 0.3 is 0 Å². The number of rotatable bonds is 4. The van der Waals surface area contributed by atoms with Gasteiger partial charge in [0.25, 0.3) is 0 Å². The standard InChI is InChI=1S/C11H17NO/c1-9(2)10-3-5-11(6-4-10)13-8-7-12/h3-6,9H,7-8,12H2,1-2H3/p+1. The molecule has 0 bridgehead atoms. The molecule has 0 aromatic heterocycles. The van der Waals surface area contributed by atoms with E-state index in [1.807, 2.05) is 12.1 Å². The van der Waals surface area contributed by atoms with E-state index in [1.165, 1.54) is 5.56 Å². The minimum absolute atomic E-state index is 0.585. The highest BCUT2D eigenvalue weighted by atomic mass is 16.5. The second-order valence-corrected chi connectivity index (χ2v) is 3.43. The van der Waals surface area contributed by atoms with Crippen LogP contribution in [0.25, 0.3) is 0 Å². The van der Waals surface area contributed by atoms with Gasteiger partial charge < -0.3 is 10.5 Å².